The molecule has 6 heteroatoms. The molecule has 6 nitrogen and oxygen atoms in total. The predicted molar refractivity (Wildman–Crippen MR) is 125 cm³/mol. The summed E-state index contributed by atoms with van der Waals surface area (Å²) in [7, 11) is 0. The summed E-state index contributed by atoms with van der Waals surface area (Å²) in [6.45, 7) is 1.13. The van der Waals surface area contributed by atoms with Crippen LogP contribution in [-0.2, 0) is 11.3 Å². The zero-order valence-corrected chi connectivity index (χ0v) is 18.5. The van der Waals surface area contributed by atoms with Crippen molar-refractivity contribution in [1.29, 1.82) is 0 Å². The van der Waals surface area contributed by atoms with Crippen molar-refractivity contribution in [2.75, 3.05) is 6.61 Å². The molecular formula is C26H31N3O3. The molecule has 5 rings (SSSR count). The van der Waals surface area contributed by atoms with Crippen LogP contribution in [-0.4, -0.2) is 33.6 Å². The average Bonchev–Trinajstić information content (AvgIpc) is 3.41. The van der Waals surface area contributed by atoms with Crippen molar-refractivity contribution in [3.8, 4) is 11.3 Å². The molecule has 3 heterocycles. The van der Waals surface area contributed by atoms with Gasteiger partial charge < -0.3 is 14.5 Å². The van der Waals surface area contributed by atoms with Crippen LogP contribution in [0.15, 0.2) is 53.5 Å². The molecule has 1 aliphatic heterocycles. The smallest absolute Gasteiger partial charge is 0.275 e. The molecule has 0 radical (unpaired) electrons. The number of nitrogens with zero attached hydrogens (tertiary/aromatic N) is 2. The first-order valence-corrected chi connectivity index (χ1v) is 11.9. The number of fused-ring (bicyclic) bond motifs is 1. The van der Waals surface area contributed by atoms with Crippen LogP contribution in [0.5, 0.6) is 0 Å². The maximum Gasteiger partial charge on any atom is 0.275 e. The van der Waals surface area contributed by atoms with E-state index < -0.39 is 0 Å². The lowest BCUT2D eigenvalue weighted by Gasteiger charge is -2.20. The Morgan fingerprint density at radius 1 is 0.969 bits per heavy atom. The first-order valence-electron chi connectivity index (χ1n) is 11.9. The van der Waals surface area contributed by atoms with Gasteiger partial charge in [-0.1, -0.05) is 56.0 Å². The van der Waals surface area contributed by atoms with E-state index in [0.717, 1.165) is 49.8 Å². The summed E-state index contributed by atoms with van der Waals surface area (Å²) >= 11 is 0. The molecule has 1 saturated heterocycles. The van der Waals surface area contributed by atoms with Crippen molar-refractivity contribution in [3.63, 3.8) is 0 Å². The number of benzene rings is 1. The normalized spacial score (nSPS) is 19.8. The van der Waals surface area contributed by atoms with E-state index >= 15 is 0 Å². The summed E-state index contributed by atoms with van der Waals surface area (Å²) in [5, 5.41) is 3.23. The molecule has 168 valence electrons. The molecule has 1 unspecified atom stereocenters. The number of nitrogens with one attached hydrogen (secondary N) is 1. The number of aromatic nitrogens is 2. The molecule has 32 heavy (non-hydrogen) atoms. The Hall–Kier alpha value is -2.86. The van der Waals surface area contributed by atoms with Crippen LogP contribution in [0.25, 0.3) is 16.8 Å². The highest BCUT2D eigenvalue weighted by Gasteiger charge is 2.24. The second kappa shape index (κ2) is 9.33. The third-order valence-corrected chi connectivity index (χ3v) is 6.83. The fourth-order valence-corrected chi connectivity index (χ4v) is 5.08. The Kier molecular flexibility index (Phi) is 6.12. The molecule has 0 spiro atoms. The van der Waals surface area contributed by atoms with Crippen LogP contribution in [0, 0.1) is 0 Å². The molecule has 1 amide bonds. The van der Waals surface area contributed by atoms with Gasteiger partial charge in [-0.05, 0) is 43.4 Å². The SMILES string of the molecule is O=C(NC1CCCCCC1)c1cn2c(-c3ccccc3)ccc2c(=O)n1CC1CCCO1. The minimum Gasteiger partial charge on any atom is -0.376 e. The highest BCUT2D eigenvalue weighted by atomic mass is 16.5. The number of hydrogen-bond donors (Lipinski definition) is 1. The molecule has 1 N–H and O–H groups in total. The molecule has 2 aliphatic rings. The monoisotopic (exact) mass is 433 g/mol. The second-order valence-electron chi connectivity index (χ2n) is 9.07. The first-order chi connectivity index (χ1) is 15.7. The van der Waals surface area contributed by atoms with E-state index in [-0.39, 0.29) is 23.6 Å². The van der Waals surface area contributed by atoms with Gasteiger partial charge in [-0.15, -0.1) is 0 Å². The summed E-state index contributed by atoms with van der Waals surface area (Å²) < 4.78 is 9.30. The quantitative estimate of drug-likeness (QED) is 0.607. The van der Waals surface area contributed by atoms with Crippen LogP contribution in [0.1, 0.15) is 61.9 Å². The van der Waals surface area contributed by atoms with Gasteiger partial charge in [0.15, 0.2) is 0 Å². The molecule has 2 aromatic heterocycles. The van der Waals surface area contributed by atoms with E-state index in [0.29, 0.717) is 24.4 Å². The van der Waals surface area contributed by atoms with Gasteiger partial charge in [0, 0.05) is 18.8 Å². The Morgan fingerprint density at radius 3 is 2.47 bits per heavy atom. The van der Waals surface area contributed by atoms with E-state index in [2.05, 4.69) is 5.32 Å². The average molecular weight is 434 g/mol. The lowest BCUT2D eigenvalue weighted by atomic mass is 10.1. The largest absolute Gasteiger partial charge is 0.376 e. The minimum absolute atomic E-state index is 0.0249. The van der Waals surface area contributed by atoms with Crippen molar-refractivity contribution in [1.82, 2.24) is 14.3 Å². The van der Waals surface area contributed by atoms with Gasteiger partial charge >= 0.3 is 0 Å². The number of carbonyl (C=O) groups excluding carboxylic acids is 1. The van der Waals surface area contributed by atoms with Crippen LogP contribution in [0.2, 0.25) is 0 Å². The highest BCUT2D eigenvalue weighted by Crippen LogP contribution is 2.23. The van der Waals surface area contributed by atoms with Crippen LogP contribution in [0.3, 0.4) is 0 Å². The van der Waals surface area contributed by atoms with Gasteiger partial charge in [-0.2, -0.15) is 0 Å². The highest BCUT2D eigenvalue weighted by molar-refractivity contribution is 5.93. The van der Waals surface area contributed by atoms with E-state index in [9.17, 15) is 9.59 Å². The molecular weight excluding hydrogens is 402 g/mol. The van der Waals surface area contributed by atoms with Crippen LogP contribution >= 0.6 is 0 Å². The lowest BCUT2D eigenvalue weighted by molar-refractivity contribution is 0.0874. The second-order valence-corrected chi connectivity index (χ2v) is 9.07. The van der Waals surface area contributed by atoms with Gasteiger partial charge in [-0.25, -0.2) is 0 Å². The number of hydrogen-bond acceptors (Lipinski definition) is 3. The van der Waals surface area contributed by atoms with E-state index in [4.69, 9.17) is 4.74 Å². The van der Waals surface area contributed by atoms with E-state index in [1.165, 1.54) is 12.8 Å². The Bertz CT molecular complexity index is 1130. The fourth-order valence-electron chi connectivity index (χ4n) is 5.08. The number of ether oxygens (including phenoxy) is 1. The zero-order chi connectivity index (χ0) is 21.9. The lowest BCUT2D eigenvalue weighted by Crippen LogP contribution is -2.40. The van der Waals surface area contributed by atoms with Gasteiger partial charge in [-0.3, -0.25) is 14.2 Å². The van der Waals surface area contributed by atoms with Crippen molar-refractivity contribution in [2.24, 2.45) is 0 Å². The Labute approximate surface area is 188 Å². The zero-order valence-electron chi connectivity index (χ0n) is 18.5. The van der Waals surface area contributed by atoms with Gasteiger partial charge in [0.05, 0.1) is 18.3 Å². The number of rotatable bonds is 5. The maximum absolute atomic E-state index is 13.5. The van der Waals surface area contributed by atoms with Gasteiger partial charge in [0.1, 0.15) is 11.2 Å². The van der Waals surface area contributed by atoms with Crippen molar-refractivity contribution in [3.05, 3.63) is 64.7 Å². The van der Waals surface area contributed by atoms with E-state index in [1.54, 1.807) is 4.57 Å². The van der Waals surface area contributed by atoms with E-state index in [1.807, 2.05) is 53.1 Å². The summed E-state index contributed by atoms with van der Waals surface area (Å²) in [6, 6.07) is 13.9. The predicted octanol–water partition coefficient (Wildman–Crippen LogP) is 4.40. The van der Waals surface area contributed by atoms with Crippen LogP contribution < -0.4 is 10.9 Å². The standard InChI is InChI=1S/C26H31N3O3/c30-25(27-20-11-6-1-2-7-12-20)24-18-28-22(19-9-4-3-5-10-19)14-15-23(28)26(31)29(24)17-21-13-8-16-32-21/h3-5,9-10,14-15,18,20-21H,1-2,6-8,11-13,16-17H2,(H,27,30). The van der Waals surface area contributed by atoms with Crippen molar-refractivity contribution >= 4 is 11.4 Å². The summed E-state index contributed by atoms with van der Waals surface area (Å²) in [4.78, 5) is 27.0. The third-order valence-electron chi connectivity index (χ3n) is 6.83. The van der Waals surface area contributed by atoms with Gasteiger partial charge in [0.2, 0.25) is 0 Å². The molecule has 1 aromatic carbocycles. The molecule has 1 aliphatic carbocycles. The molecule has 0 bridgehead atoms. The third kappa shape index (κ3) is 4.24. The fraction of sp³-hybridized carbons (Fsp3) is 0.462. The molecule has 1 atom stereocenters. The Morgan fingerprint density at radius 2 is 1.75 bits per heavy atom. The minimum atomic E-state index is -0.165. The summed E-state index contributed by atoms with van der Waals surface area (Å²) in [5.41, 5.74) is 2.77. The van der Waals surface area contributed by atoms with Gasteiger partial charge in [0.25, 0.3) is 11.5 Å². The summed E-state index contributed by atoms with van der Waals surface area (Å²) in [6.07, 6.45) is 10.5. The maximum atomic E-state index is 13.5. The summed E-state index contributed by atoms with van der Waals surface area (Å²) in [5.74, 6) is -0.165. The van der Waals surface area contributed by atoms with Crippen molar-refractivity contribution < 1.29 is 9.53 Å². The Balaban J connectivity index is 1.57. The molecule has 3 aromatic rings. The first kappa shape index (κ1) is 21.0. The molecule has 1 saturated carbocycles. The van der Waals surface area contributed by atoms with Crippen molar-refractivity contribution in [2.45, 2.75) is 70.1 Å². The number of amides is 1. The van der Waals surface area contributed by atoms with Crippen LogP contribution in [0.4, 0.5) is 0 Å². The number of carbonyl (C=O) groups is 1. The topological polar surface area (TPSA) is 64.7 Å². The molecule has 2 fully saturated rings.